The van der Waals surface area contributed by atoms with Crippen LogP contribution in [-0.2, 0) is 11.3 Å². The zero-order valence-corrected chi connectivity index (χ0v) is 12.6. The highest BCUT2D eigenvalue weighted by atomic mass is 16.6. The standard InChI is InChI=1S/C15H13N3O6/c1-24-15(19)12-7-11(17(20)21)8-13(18(22)23)14(12)16-9-10-5-3-2-4-6-10/h2-8,16H,9H2,1H3. The quantitative estimate of drug-likeness (QED) is 0.490. The Kier molecular flexibility index (Phi) is 5.05. The highest BCUT2D eigenvalue weighted by Crippen LogP contribution is 2.34. The Morgan fingerprint density at radius 3 is 2.33 bits per heavy atom. The number of nitrogens with one attached hydrogen (secondary N) is 1. The second-order valence-corrected chi connectivity index (χ2v) is 4.73. The fourth-order valence-electron chi connectivity index (χ4n) is 2.10. The molecule has 0 radical (unpaired) electrons. The van der Waals surface area contributed by atoms with Gasteiger partial charge in [-0.15, -0.1) is 0 Å². The molecule has 9 nitrogen and oxygen atoms in total. The molecule has 0 aliphatic carbocycles. The van der Waals surface area contributed by atoms with Gasteiger partial charge in [0.1, 0.15) is 5.69 Å². The zero-order chi connectivity index (χ0) is 17.7. The van der Waals surface area contributed by atoms with Gasteiger partial charge in [-0.25, -0.2) is 4.79 Å². The number of hydrogen-bond donors (Lipinski definition) is 1. The Balaban J connectivity index is 2.51. The Hall–Kier alpha value is -3.49. The third kappa shape index (κ3) is 3.64. The molecule has 0 aliphatic heterocycles. The van der Waals surface area contributed by atoms with Crippen molar-refractivity contribution in [1.29, 1.82) is 0 Å². The van der Waals surface area contributed by atoms with Gasteiger partial charge in [0.2, 0.25) is 0 Å². The SMILES string of the molecule is COC(=O)c1cc([N+](=O)[O-])cc([N+](=O)[O-])c1NCc1ccccc1. The average Bonchev–Trinajstić information content (AvgIpc) is 2.59. The van der Waals surface area contributed by atoms with Crippen molar-refractivity contribution >= 4 is 23.0 Å². The third-order valence-electron chi connectivity index (χ3n) is 3.23. The summed E-state index contributed by atoms with van der Waals surface area (Å²) in [6.07, 6.45) is 0. The number of non-ortho nitro benzene ring substituents is 1. The number of ether oxygens (including phenoxy) is 1. The number of anilines is 1. The van der Waals surface area contributed by atoms with Crippen LogP contribution in [0.25, 0.3) is 0 Å². The smallest absolute Gasteiger partial charge is 0.340 e. The molecule has 1 N–H and O–H groups in total. The van der Waals surface area contributed by atoms with E-state index in [-0.39, 0.29) is 17.8 Å². The molecule has 124 valence electrons. The lowest BCUT2D eigenvalue weighted by Gasteiger charge is -2.11. The Bertz CT molecular complexity index is 791. The summed E-state index contributed by atoms with van der Waals surface area (Å²) in [7, 11) is 1.09. The molecule has 2 aromatic carbocycles. The molecule has 0 unspecified atom stereocenters. The first-order valence-corrected chi connectivity index (χ1v) is 6.77. The summed E-state index contributed by atoms with van der Waals surface area (Å²) in [4.78, 5) is 32.5. The molecule has 2 aromatic rings. The number of carbonyl (C=O) groups is 1. The van der Waals surface area contributed by atoms with Crippen molar-refractivity contribution in [2.75, 3.05) is 12.4 Å². The number of nitro groups is 2. The maximum absolute atomic E-state index is 11.9. The van der Waals surface area contributed by atoms with E-state index in [1.807, 2.05) is 6.07 Å². The van der Waals surface area contributed by atoms with E-state index in [1.165, 1.54) is 0 Å². The monoisotopic (exact) mass is 331 g/mol. The number of nitrogens with zero attached hydrogens (tertiary/aromatic N) is 2. The molecule has 0 amide bonds. The molecule has 0 fully saturated rings. The number of rotatable bonds is 6. The lowest BCUT2D eigenvalue weighted by molar-refractivity contribution is -0.393. The van der Waals surface area contributed by atoms with Gasteiger partial charge in [-0.2, -0.15) is 0 Å². The molecule has 9 heteroatoms. The summed E-state index contributed by atoms with van der Waals surface area (Å²) in [5, 5.41) is 25.0. The molecule has 0 saturated carbocycles. The van der Waals surface area contributed by atoms with Crippen molar-refractivity contribution in [1.82, 2.24) is 0 Å². The lowest BCUT2D eigenvalue weighted by atomic mass is 10.1. The fourth-order valence-corrected chi connectivity index (χ4v) is 2.10. The van der Waals surface area contributed by atoms with E-state index < -0.39 is 27.2 Å². The highest BCUT2D eigenvalue weighted by Gasteiger charge is 2.27. The van der Waals surface area contributed by atoms with E-state index in [9.17, 15) is 25.0 Å². The van der Waals surface area contributed by atoms with Gasteiger partial charge in [0.25, 0.3) is 11.4 Å². The van der Waals surface area contributed by atoms with Gasteiger partial charge < -0.3 is 10.1 Å². The zero-order valence-electron chi connectivity index (χ0n) is 12.6. The minimum atomic E-state index is -0.905. The topological polar surface area (TPSA) is 125 Å². The van der Waals surface area contributed by atoms with Gasteiger partial charge >= 0.3 is 5.97 Å². The van der Waals surface area contributed by atoms with Crippen LogP contribution in [0.3, 0.4) is 0 Å². The van der Waals surface area contributed by atoms with Crippen molar-refractivity contribution < 1.29 is 19.4 Å². The van der Waals surface area contributed by atoms with Crippen molar-refractivity contribution in [2.45, 2.75) is 6.54 Å². The molecule has 0 saturated heterocycles. The summed E-state index contributed by atoms with van der Waals surface area (Å²) < 4.78 is 4.57. The van der Waals surface area contributed by atoms with Gasteiger partial charge in [-0.3, -0.25) is 20.2 Å². The van der Waals surface area contributed by atoms with E-state index in [2.05, 4.69) is 10.1 Å². The molecular formula is C15H13N3O6. The normalized spacial score (nSPS) is 10.0. The Morgan fingerprint density at radius 2 is 1.79 bits per heavy atom. The first-order chi connectivity index (χ1) is 11.4. The van der Waals surface area contributed by atoms with Crippen LogP contribution in [0.1, 0.15) is 15.9 Å². The molecule has 0 atom stereocenters. The van der Waals surface area contributed by atoms with Crippen LogP contribution in [0.15, 0.2) is 42.5 Å². The largest absolute Gasteiger partial charge is 0.465 e. The molecular weight excluding hydrogens is 318 g/mol. The van der Waals surface area contributed by atoms with Gasteiger partial charge in [0.15, 0.2) is 0 Å². The summed E-state index contributed by atoms with van der Waals surface area (Å²) in [6, 6.07) is 10.7. The number of benzene rings is 2. The number of carbonyl (C=O) groups excluding carboxylic acids is 1. The van der Waals surface area contributed by atoms with Crippen LogP contribution in [0.4, 0.5) is 17.1 Å². The van der Waals surface area contributed by atoms with E-state index in [0.29, 0.717) is 0 Å². The molecule has 0 bridgehead atoms. The molecule has 2 rings (SSSR count). The molecule has 0 aromatic heterocycles. The summed E-state index contributed by atoms with van der Waals surface area (Å²) in [5.41, 5.74) is -0.704. The third-order valence-corrected chi connectivity index (χ3v) is 3.23. The summed E-state index contributed by atoms with van der Waals surface area (Å²) >= 11 is 0. The van der Waals surface area contributed by atoms with Gasteiger partial charge in [0, 0.05) is 12.6 Å². The predicted octanol–water partition coefficient (Wildman–Crippen LogP) is 2.90. The van der Waals surface area contributed by atoms with Crippen LogP contribution in [0.2, 0.25) is 0 Å². The number of nitro benzene ring substituents is 2. The summed E-state index contributed by atoms with van der Waals surface area (Å²) in [6.45, 7) is 0.198. The maximum Gasteiger partial charge on any atom is 0.340 e. The molecule has 24 heavy (non-hydrogen) atoms. The predicted molar refractivity (Wildman–Crippen MR) is 84.9 cm³/mol. The van der Waals surface area contributed by atoms with Crippen molar-refractivity contribution in [3.05, 3.63) is 73.8 Å². The molecule has 0 aliphatic rings. The van der Waals surface area contributed by atoms with Crippen molar-refractivity contribution in [3.63, 3.8) is 0 Å². The minimum absolute atomic E-state index is 0.124. The molecule has 0 heterocycles. The van der Waals surface area contributed by atoms with Crippen LogP contribution in [-0.4, -0.2) is 22.9 Å². The van der Waals surface area contributed by atoms with Crippen molar-refractivity contribution in [3.8, 4) is 0 Å². The second-order valence-electron chi connectivity index (χ2n) is 4.73. The van der Waals surface area contributed by atoms with E-state index in [0.717, 1.165) is 24.8 Å². The minimum Gasteiger partial charge on any atom is -0.465 e. The molecule has 0 spiro atoms. The number of hydrogen-bond acceptors (Lipinski definition) is 7. The van der Waals surface area contributed by atoms with Crippen LogP contribution in [0, 0.1) is 20.2 Å². The van der Waals surface area contributed by atoms with Gasteiger partial charge in [-0.05, 0) is 5.56 Å². The van der Waals surface area contributed by atoms with Crippen LogP contribution >= 0.6 is 0 Å². The Morgan fingerprint density at radius 1 is 1.12 bits per heavy atom. The highest BCUT2D eigenvalue weighted by molar-refractivity contribution is 5.99. The van der Waals surface area contributed by atoms with E-state index in [1.54, 1.807) is 24.3 Å². The fraction of sp³-hybridized carbons (Fsp3) is 0.133. The first-order valence-electron chi connectivity index (χ1n) is 6.77. The average molecular weight is 331 g/mol. The summed E-state index contributed by atoms with van der Waals surface area (Å²) in [5.74, 6) is -0.905. The second kappa shape index (κ2) is 7.18. The van der Waals surface area contributed by atoms with E-state index in [4.69, 9.17) is 0 Å². The number of methoxy groups -OCH3 is 1. The van der Waals surface area contributed by atoms with Crippen LogP contribution in [0.5, 0.6) is 0 Å². The lowest BCUT2D eigenvalue weighted by Crippen LogP contribution is -2.11. The Labute approximate surface area is 136 Å². The number of esters is 1. The van der Waals surface area contributed by atoms with Gasteiger partial charge in [-0.1, -0.05) is 30.3 Å². The van der Waals surface area contributed by atoms with E-state index >= 15 is 0 Å². The van der Waals surface area contributed by atoms with Crippen LogP contribution < -0.4 is 5.32 Å². The van der Waals surface area contributed by atoms with Gasteiger partial charge in [0.05, 0.1) is 28.6 Å². The maximum atomic E-state index is 11.9. The first kappa shape index (κ1) is 16.9. The van der Waals surface area contributed by atoms with Crippen molar-refractivity contribution in [2.24, 2.45) is 0 Å².